The zero-order valence-electron chi connectivity index (χ0n) is 9.71. The van der Waals surface area contributed by atoms with Crippen molar-refractivity contribution < 1.29 is 5.11 Å². The van der Waals surface area contributed by atoms with Crippen LogP contribution in [0, 0.1) is 0 Å². The quantitative estimate of drug-likeness (QED) is 0.855. The van der Waals surface area contributed by atoms with Crippen LogP contribution in [0.15, 0.2) is 43.0 Å². The van der Waals surface area contributed by atoms with Gasteiger partial charge in [0.15, 0.2) is 0 Å². The van der Waals surface area contributed by atoms with Crippen molar-refractivity contribution in [3.63, 3.8) is 0 Å². The fourth-order valence-corrected chi connectivity index (χ4v) is 2.74. The number of nitrogens with zero attached hydrogens (tertiary/aromatic N) is 2. The summed E-state index contributed by atoms with van der Waals surface area (Å²) in [4.78, 5) is 4.03. The predicted molar refractivity (Wildman–Crippen MR) is 65.5 cm³/mol. The van der Waals surface area contributed by atoms with E-state index in [1.807, 2.05) is 29.0 Å². The smallest absolute Gasteiger partial charge is 0.108 e. The Morgan fingerprint density at radius 2 is 2.24 bits per heavy atom. The molecule has 0 saturated carbocycles. The van der Waals surface area contributed by atoms with E-state index in [1.54, 1.807) is 12.5 Å². The molecule has 0 radical (unpaired) electrons. The normalized spacial score (nSPS) is 23.4. The summed E-state index contributed by atoms with van der Waals surface area (Å²) in [5, 5.41) is 10.8. The minimum absolute atomic E-state index is 0.587. The van der Waals surface area contributed by atoms with Gasteiger partial charge in [-0.2, -0.15) is 0 Å². The molecule has 0 bridgehead atoms. The van der Waals surface area contributed by atoms with Crippen LogP contribution < -0.4 is 0 Å². The van der Waals surface area contributed by atoms with Crippen molar-refractivity contribution in [2.45, 2.75) is 31.4 Å². The molecule has 0 amide bonds. The summed E-state index contributed by atoms with van der Waals surface area (Å²) in [7, 11) is 0. The average Bonchev–Trinajstić information content (AvgIpc) is 2.82. The molecular weight excluding hydrogens is 212 g/mol. The first-order valence-electron chi connectivity index (χ1n) is 6.04. The van der Waals surface area contributed by atoms with Crippen LogP contribution in [0.4, 0.5) is 0 Å². The van der Waals surface area contributed by atoms with Crippen molar-refractivity contribution in [2.24, 2.45) is 0 Å². The van der Waals surface area contributed by atoms with Crippen LogP contribution >= 0.6 is 0 Å². The highest BCUT2D eigenvalue weighted by Crippen LogP contribution is 2.36. The molecule has 1 heterocycles. The molecule has 0 saturated heterocycles. The SMILES string of the molecule is OC1(Cn2ccnc2)CCCc2ccccc21. The molecule has 2 aromatic rings. The third-order valence-electron chi connectivity index (χ3n) is 3.56. The highest BCUT2D eigenvalue weighted by atomic mass is 16.3. The van der Waals surface area contributed by atoms with Gasteiger partial charge < -0.3 is 9.67 Å². The summed E-state index contributed by atoms with van der Waals surface area (Å²) in [6, 6.07) is 8.21. The van der Waals surface area contributed by atoms with Crippen molar-refractivity contribution in [2.75, 3.05) is 0 Å². The second-order valence-corrected chi connectivity index (χ2v) is 4.78. The standard InChI is InChI=1S/C14H16N2O/c17-14(10-16-9-8-15-11-16)7-3-5-12-4-1-2-6-13(12)14/h1-2,4,6,8-9,11,17H,3,5,7,10H2. The number of rotatable bonds is 2. The number of fused-ring (bicyclic) bond motifs is 1. The highest BCUT2D eigenvalue weighted by Gasteiger charge is 2.34. The Morgan fingerprint density at radius 3 is 3.06 bits per heavy atom. The van der Waals surface area contributed by atoms with Gasteiger partial charge in [-0.15, -0.1) is 0 Å². The van der Waals surface area contributed by atoms with E-state index in [1.165, 1.54) is 5.56 Å². The van der Waals surface area contributed by atoms with Gasteiger partial charge in [0.05, 0.1) is 12.9 Å². The molecule has 0 spiro atoms. The van der Waals surface area contributed by atoms with Gasteiger partial charge in [0.2, 0.25) is 0 Å². The highest BCUT2D eigenvalue weighted by molar-refractivity contribution is 5.34. The van der Waals surface area contributed by atoms with E-state index >= 15 is 0 Å². The maximum absolute atomic E-state index is 10.8. The molecule has 17 heavy (non-hydrogen) atoms. The zero-order chi connectivity index (χ0) is 11.7. The molecule has 3 heteroatoms. The monoisotopic (exact) mass is 228 g/mol. The minimum atomic E-state index is -0.741. The van der Waals surface area contributed by atoms with E-state index in [2.05, 4.69) is 11.1 Å². The Morgan fingerprint density at radius 1 is 1.35 bits per heavy atom. The van der Waals surface area contributed by atoms with Crippen LogP contribution in [0.1, 0.15) is 24.0 Å². The van der Waals surface area contributed by atoms with Gasteiger partial charge in [-0.25, -0.2) is 4.98 Å². The molecule has 1 aliphatic rings. The maximum Gasteiger partial charge on any atom is 0.108 e. The van der Waals surface area contributed by atoms with Gasteiger partial charge >= 0.3 is 0 Å². The molecule has 3 rings (SSSR count). The van der Waals surface area contributed by atoms with Crippen molar-refractivity contribution in [3.05, 3.63) is 54.1 Å². The Labute approximate surface area is 101 Å². The summed E-state index contributed by atoms with van der Waals surface area (Å²) < 4.78 is 1.95. The minimum Gasteiger partial charge on any atom is -0.383 e. The lowest BCUT2D eigenvalue weighted by molar-refractivity contribution is 0.00146. The van der Waals surface area contributed by atoms with Gasteiger partial charge in [-0.3, -0.25) is 0 Å². The molecule has 0 fully saturated rings. The molecule has 0 aliphatic heterocycles. The summed E-state index contributed by atoms with van der Waals surface area (Å²) in [6.45, 7) is 0.587. The van der Waals surface area contributed by atoms with E-state index < -0.39 is 5.60 Å². The second-order valence-electron chi connectivity index (χ2n) is 4.78. The number of aliphatic hydroxyl groups is 1. The predicted octanol–water partition coefficient (Wildman–Crippen LogP) is 2.11. The Hall–Kier alpha value is -1.61. The van der Waals surface area contributed by atoms with E-state index in [-0.39, 0.29) is 0 Å². The number of hydrogen-bond donors (Lipinski definition) is 1. The summed E-state index contributed by atoms with van der Waals surface area (Å²) in [6.07, 6.45) is 8.34. The molecule has 1 unspecified atom stereocenters. The van der Waals surface area contributed by atoms with E-state index in [0.717, 1.165) is 24.8 Å². The molecular formula is C14H16N2O. The fourth-order valence-electron chi connectivity index (χ4n) is 2.74. The average molecular weight is 228 g/mol. The van der Waals surface area contributed by atoms with Crippen molar-refractivity contribution in [3.8, 4) is 0 Å². The van der Waals surface area contributed by atoms with Crippen LogP contribution in [0.2, 0.25) is 0 Å². The van der Waals surface area contributed by atoms with E-state index in [0.29, 0.717) is 6.54 Å². The van der Waals surface area contributed by atoms with Gasteiger partial charge in [-0.1, -0.05) is 24.3 Å². The van der Waals surface area contributed by atoms with Crippen LogP contribution in [0.5, 0.6) is 0 Å². The fraction of sp³-hybridized carbons (Fsp3) is 0.357. The van der Waals surface area contributed by atoms with Crippen LogP contribution in [-0.4, -0.2) is 14.7 Å². The van der Waals surface area contributed by atoms with Crippen molar-refractivity contribution >= 4 is 0 Å². The second kappa shape index (κ2) is 4.00. The van der Waals surface area contributed by atoms with Gasteiger partial charge in [0.25, 0.3) is 0 Å². The molecule has 88 valence electrons. The lowest BCUT2D eigenvalue weighted by Crippen LogP contribution is -2.34. The first kappa shape index (κ1) is 10.5. The molecule has 1 aliphatic carbocycles. The third kappa shape index (κ3) is 1.87. The van der Waals surface area contributed by atoms with E-state index in [9.17, 15) is 5.11 Å². The Balaban J connectivity index is 1.98. The Kier molecular flexibility index (Phi) is 2.48. The summed E-state index contributed by atoms with van der Waals surface area (Å²) in [5.74, 6) is 0. The summed E-state index contributed by atoms with van der Waals surface area (Å²) in [5.41, 5.74) is 1.62. The number of aromatic nitrogens is 2. The first-order chi connectivity index (χ1) is 8.28. The van der Waals surface area contributed by atoms with Crippen LogP contribution in [-0.2, 0) is 18.6 Å². The van der Waals surface area contributed by atoms with Gasteiger partial charge in [0.1, 0.15) is 5.60 Å². The first-order valence-corrected chi connectivity index (χ1v) is 6.04. The van der Waals surface area contributed by atoms with Crippen molar-refractivity contribution in [1.82, 2.24) is 9.55 Å². The molecule has 3 nitrogen and oxygen atoms in total. The number of hydrogen-bond acceptors (Lipinski definition) is 2. The van der Waals surface area contributed by atoms with E-state index in [4.69, 9.17) is 0 Å². The third-order valence-corrected chi connectivity index (χ3v) is 3.56. The van der Waals surface area contributed by atoms with Crippen LogP contribution in [0.3, 0.4) is 0 Å². The van der Waals surface area contributed by atoms with Crippen LogP contribution in [0.25, 0.3) is 0 Å². The molecule has 1 atom stereocenters. The lowest BCUT2D eigenvalue weighted by Gasteiger charge is -2.34. The maximum atomic E-state index is 10.8. The van der Waals surface area contributed by atoms with Gasteiger partial charge in [-0.05, 0) is 30.4 Å². The lowest BCUT2D eigenvalue weighted by atomic mass is 9.79. The molecule has 1 aromatic carbocycles. The number of imidazole rings is 1. The zero-order valence-corrected chi connectivity index (χ0v) is 9.71. The molecule has 1 N–H and O–H groups in total. The Bertz CT molecular complexity index is 507. The largest absolute Gasteiger partial charge is 0.383 e. The number of benzene rings is 1. The van der Waals surface area contributed by atoms with Crippen molar-refractivity contribution in [1.29, 1.82) is 0 Å². The summed E-state index contributed by atoms with van der Waals surface area (Å²) >= 11 is 0. The number of aryl methyl sites for hydroxylation is 1. The molecule has 1 aromatic heterocycles. The van der Waals surface area contributed by atoms with Gasteiger partial charge in [0, 0.05) is 12.4 Å². The topological polar surface area (TPSA) is 38.0 Å².